The number of aryl methyl sites for hydroxylation is 1. The number of hydrogen-bond acceptors (Lipinski definition) is 11. The monoisotopic (exact) mass is 677 g/mol. The molecule has 1 atom stereocenters. The Bertz CT molecular complexity index is 1550. The zero-order valence-corrected chi connectivity index (χ0v) is 25.7. The molecule has 3 heterocycles. The Morgan fingerprint density at radius 2 is 1.84 bits per heavy atom. The number of anilines is 2. The van der Waals surface area contributed by atoms with Gasteiger partial charge >= 0.3 is 33.3 Å². The highest BCUT2D eigenvalue weighted by atomic mass is 31.2. The lowest BCUT2D eigenvalue weighted by molar-refractivity contribution is -0.152. The highest BCUT2D eigenvalue weighted by Gasteiger charge is 2.43. The number of cyclic esters (lactones) is 1. The predicted molar refractivity (Wildman–Crippen MR) is 149 cm³/mol. The van der Waals surface area contributed by atoms with Gasteiger partial charge in [0.1, 0.15) is 11.9 Å². The molecule has 4 rings (SSSR count). The molecule has 1 aromatic carbocycles. The van der Waals surface area contributed by atoms with E-state index in [2.05, 4.69) is 9.84 Å². The van der Waals surface area contributed by atoms with Gasteiger partial charge in [-0.05, 0) is 24.6 Å². The van der Waals surface area contributed by atoms with E-state index in [1.165, 1.54) is 18.2 Å². The molecule has 2 aliphatic rings. The summed E-state index contributed by atoms with van der Waals surface area (Å²) in [5.74, 6) is -2.60. The van der Waals surface area contributed by atoms with Gasteiger partial charge in [0.15, 0.2) is 5.40 Å². The molecule has 0 radical (unpaired) electrons. The number of benzene rings is 1. The summed E-state index contributed by atoms with van der Waals surface area (Å²) in [6.07, 6.45) is -3.05. The molecule has 18 nitrogen and oxygen atoms in total. The first kappa shape index (κ1) is 34.0. The molecule has 246 valence electrons. The summed E-state index contributed by atoms with van der Waals surface area (Å²) in [5.41, 5.74) is 2.32. The van der Waals surface area contributed by atoms with Crippen molar-refractivity contribution in [3.05, 3.63) is 41.5 Å². The maximum Gasteiger partial charge on any atom is 0.419 e. The van der Waals surface area contributed by atoms with E-state index in [4.69, 9.17) is 29.0 Å². The molecule has 0 aliphatic carbocycles. The Kier molecular flexibility index (Phi) is 10.0. The van der Waals surface area contributed by atoms with Crippen molar-refractivity contribution in [1.29, 1.82) is 0 Å². The van der Waals surface area contributed by atoms with E-state index < -0.39 is 82.8 Å². The van der Waals surface area contributed by atoms with Crippen LogP contribution in [0.15, 0.2) is 24.4 Å². The van der Waals surface area contributed by atoms with E-state index in [-0.39, 0.29) is 12.2 Å². The molecule has 2 aromatic rings. The number of carbonyl (C=O) groups is 4. The molecule has 0 saturated carbocycles. The molecule has 1 saturated heterocycles. The molecular formula is C24H30FN5O13P2. The summed E-state index contributed by atoms with van der Waals surface area (Å²) in [4.78, 5) is 88.9. The number of hydrogen-bond donors (Lipinski definition) is 4. The van der Waals surface area contributed by atoms with Crippen LogP contribution >= 0.6 is 15.2 Å². The van der Waals surface area contributed by atoms with Crippen molar-refractivity contribution in [1.82, 2.24) is 14.7 Å². The standard InChI is InChI=1S/C24H30FN5O13P2/c1-14(31)29(23(33)42-13-41-21(32)5-6-22(44(35,36)37)45(38,39)40)10-17-11-30(24(34)43-17)16-3-4-20(18(25)7-16)28-9-15-8-27(2)26-19(15)12-28/h3-4,7-8,17,22H,5-6,9-13H2,1-2H3,(H2,35,36,37)(H2,38,39,40)/t17-/m0/s1. The number of halogens is 1. The Hall–Kier alpha value is -3.86. The van der Waals surface area contributed by atoms with E-state index in [0.717, 1.165) is 23.1 Å². The maximum atomic E-state index is 15.1. The average Bonchev–Trinajstić information content (AvgIpc) is 3.57. The maximum absolute atomic E-state index is 15.1. The van der Waals surface area contributed by atoms with E-state index >= 15 is 4.39 Å². The fourth-order valence-corrected chi connectivity index (χ4v) is 7.32. The summed E-state index contributed by atoms with van der Waals surface area (Å²) in [6.45, 7) is 0.256. The van der Waals surface area contributed by atoms with Gasteiger partial charge in [0.05, 0.1) is 36.7 Å². The van der Waals surface area contributed by atoms with Crippen LogP contribution in [-0.2, 0) is 53.1 Å². The second-order valence-electron chi connectivity index (χ2n) is 10.3. The fourth-order valence-electron chi connectivity index (χ4n) is 4.82. The number of nitrogens with zero attached hydrogens (tertiary/aromatic N) is 5. The number of amides is 3. The summed E-state index contributed by atoms with van der Waals surface area (Å²) in [7, 11) is -8.69. The summed E-state index contributed by atoms with van der Waals surface area (Å²) in [5, 5.41) is 1.93. The number of fused-ring (bicyclic) bond motifs is 1. The summed E-state index contributed by atoms with van der Waals surface area (Å²) in [6, 6.07) is 4.23. The van der Waals surface area contributed by atoms with Crippen molar-refractivity contribution >= 4 is 50.6 Å². The largest absolute Gasteiger partial charge is 0.442 e. The number of imide groups is 1. The second-order valence-corrected chi connectivity index (χ2v) is 14.3. The summed E-state index contributed by atoms with van der Waals surface area (Å²) >= 11 is 0. The lowest BCUT2D eigenvalue weighted by atomic mass is 10.2. The molecule has 0 spiro atoms. The Morgan fingerprint density at radius 3 is 2.44 bits per heavy atom. The van der Waals surface area contributed by atoms with Crippen LogP contribution in [-0.4, -0.2) is 89.7 Å². The van der Waals surface area contributed by atoms with Gasteiger partial charge < -0.3 is 38.7 Å². The minimum atomic E-state index is -5.24. The number of carbonyl (C=O) groups excluding carboxylic acids is 4. The summed E-state index contributed by atoms with van der Waals surface area (Å²) < 4.78 is 54.0. The molecule has 1 fully saturated rings. The quantitative estimate of drug-likeness (QED) is 0.149. The van der Waals surface area contributed by atoms with Crippen LogP contribution in [0, 0.1) is 5.82 Å². The van der Waals surface area contributed by atoms with Gasteiger partial charge in [-0.15, -0.1) is 0 Å². The van der Waals surface area contributed by atoms with Gasteiger partial charge in [0.25, 0.3) is 0 Å². The lowest BCUT2D eigenvalue weighted by Crippen LogP contribution is -2.42. The first-order chi connectivity index (χ1) is 20.9. The van der Waals surface area contributed by atoms with Gasteiger partial charge in [-0.1, -0.05) is 0 Å². The number of rotatable bonds is 11. The molecule has 4 N–H and O–H groups in total. The highest BCUT2D eigenvalue weighted by Crippen LogP contribution is 2.61. The van der Waals surface area contributed by atoms with Crippen LogP contribution in [0.5, 0.6) is 0 Å². The minimum Gasteiger partial charge on any atom is -0.442 e. The van der Waals surface area contributed by atoms with Crippen LogP contribution in [0.3, 0.4) is 0 Å². The zero-order chi connectivity index (χ0) is 33.3. The van der Waals surface area contributed by atoms with Crippen LogP contribution in [0.1, 0.15) is 31.0 Å². The third-order valence-corrected chi connectivity index (χ3v) is 10.8. The average molecular weight is 677 g/mol. The third-order valence-electron chi connectivity index (χ3n) is 6.92. The van der Waals surface area contributed by atoms with E-state index in [1.54, 1.807) is 16.6 Å². The fraction of sp³-hybridized carbons (Fsp3) is 0.458. The van der Waals surface area contributed by atoms with E-state index in [0.29, 0.717) is 23.7 Å². The Morgan fingerprint density at radius 1 is 1.16 bits per heavy atom. The van der Waals surface area contributed by atoms with Crippen LogP contribution < -0.4 is 9.80 Å². The number of esters is 1. The first-order valence-electron chi connectivity index (χ1n) is 13.2. The van der Waals surface area contributed by atoms with Crippen LogP contribution in [0.25, 0.3) is 0 Å². The van der Waals surface area contributed by atoms with Crippen molar-refractivity contribution < 1.29 is 66.5 Å². The SMILES string of the molecule is CC(=O)N(C[C@H]1CN(c2ccc(N3Cc4cn(C)nc4C3)c(F)c2)C(=O)O1)C(=O)OCOC(=O)CCC(P(=O)(O)O)P(=O)(O)O. The van der Waals surface area contributed by atoms with Gasteiger partial charge in [-0.2, -0.15) is 5.10 Å². The second kappa shape index (κ2) is 13.2. The highest BCUT2D eigenvalue weighted by molar-refractivity contribution is 7.70. The molecule has 45 heavy (non-hydrogen) atoms. The van der Waals surface area contributed by atoms with Gasteiger partial charge in [0, 0.05) is 38.7 Å². The molecular weight excluding hydrogens is 647 g/mol. The lowest BCUT2D eigenvalue weighted by Gasteiger charge is -2.22. The van der Waals surface area contributed by atoms with Crippen molar-refractivity contribution in [2.75, 3.05) is 29.7 Å². The van der Waals surface area contributed by atoms with E-state index in [1.807, 2.05) is 6.20 Å². The van der Waals surface area contributed by atoms with Gasteiger partial charge in [0.2, 0.25) is 12.7 Å². The topological polar surface area (TPSA) is 239 Å². The zero-order valence-electron chi connectivity index (χ0n) is 23.9. The molecule has 0 unspecified atom stereocenters. The normalized spacial score (nSPS) is 16.5. The Labute approximate surface area is 254 Å². The molecule has 2 aliphatic heterocycles. The van der Waals surface area contributed by atoms with Crippen molar-refractivity contribution in [2.24, 2.45) is 7.05 Å². The van der Waals surface area contributed by atoms with Gasteiger partial charge in [-0.25, -0.2) is 18.9 Å². The van der Waals surface area contributed by atoms with Crippen LogP contribution in [0.4, 0.5) is 25.4 Å². The number of aromatic nitrogens is 2. The van der Waals surface area contributed by atoms with Crippen molar-refractivity contribution in [2.45, 2.75) is 44.4 Å². The minimum absolute atomic E-state index is 0.149. The smallest absolute Gasteiger partial charge is 0.419 e. The van der Waals surface area contributed by atoms with Gasteiger partial charge in [-0.3, -0.25) is 28.3 Å². The molecule has 0 bridgehead atoms. The molecule has 3 amide bonds. The Balaban J connectivity index is 1.28. The predicted octanol–water partition coefficient (Wildman–Crippen LogP) is 1.35. The molecule has 1 aromatic heterocycles. The van der Waals surface area contributed by atoms with Crippen molar-refractivity contribution in [3.8, 4) is 0 Å². The van der Waals surface area contributed by atoms with Crippen LogP contribution in [0.2, 0.25) is 0 Å². The molecule has 21 heteroatoms. The first-order valence-corrected chi connectivity index (χ1v) is 16.5. The number of ether oxygens (including phenoxy) is 3. The third kappa shape index (κ3) is 8.25. The van der Waals surface area contributed by atoms with Crippen molar-refractivity contribution in [3.63, 3.8) is 0 Å². The van der Waals surface area contributed by atoms with E-state index in [9.17, 15) is 28.3 Å².